The Kier molecular flexibility index (Phi) is 14.9. The number of fused-ring (bicyclic) bond motifs is 1. The molecule has 0 aromatic carbocycles. The van der Waals surface area contributed by atoms with E-state index in [0.717, 1.165) is 19.3 Å². The van der Waals surface area contributed by atoms with Crippen LogP contribution in [0, 0.1) is 0 Å². The van der Waals surface area contributed by atoms with Gasteiger partial charge in [0.1, 0.15) is 30.2 Å². The van der Waals surface area contributed by atoms with Crippen molar-refractivity contribution in [2.24, 2.45) is 0 Å². The largest absolute Gasteiger partial charge is 0.394 e. The number of nitrogens with zero attached hydrogens (tertiary/aromatic N) is 3. The van der Waals surface area contributed by atoms with Gasteiger partial charge in [-0.15, -0.1) is 0 Å². The molecule has 0 saturated carbocycles. The summed E-state index contributed by atoms with van der Waals surface area (Å²) in [5.74, 6) is -0.487. The van der Waals surface area contributed by atoms with Gasteiger partial charge in [-0.2, -0.15) is 0 Å². The monoisotopic (exact) mass is 591 g/mol. The highest BCUT2D eigenvalue weighted by molar-refractivity contribution is 5.85. The lowest BCUT2D eigenvalue weighted by atomic mass is 9.95. The molecule has 5 unspecified atom stereocenters. The van der Waals surface area contributed by atoms with Crippen LogP contribution in [-0.2, 0) is 14.3 Å². The van der Waals surface area contributed by atoms with Gasteiger partial charge in [-0.3, -0.25) is 9.59 Å². The summed E-state index contributed by atoms with van der Waals surface area (Å²) in [5, 5.41) is 39.3. The Bertz CT molecular complexity index is 1070. The number of aliphatic hydroxyl groups is 3. The molecule has 1 aliphatic heterocycles. The van der Waals surface area contributed by atoms with Crippen molar-refractivity contribution >= 4 is 28.8 Å². The highest BCUT2D eigenvalue weighted by Crippen LogP contribution is 2.24. The van der Waals surface area contributed by atoms with E-state index in [0.29, 0.717) is 23.4 Å². The van der Waals surface area contributed by atoms with E-state index >= 15 is 0 Å². The molecular formula is C29H49N7O6. The molecular weight excluding hydrogens is 542 g/mol. The van der Waals surface area contributed by atoms with E-state index in [1.54, 1.807) is 0 Å². The predicted octanol–water partition coefficient (Wildman–Crippen LogP) is 2.29. The van der Waals surface area contributed by atoms with E-state index in [2.05, 4.69) is 42.8 Å². The number of carbonyl (C=O) groups is 2. The summed E-state index contributed by atoms with van der Waals surface area (Å²) in [5.41, 5.74) is 0.881. The number of rotatable bonds is 20. The minimum Gasteiger partial charge on any atom is -0.394 e. The van der Waals surface area contributed by atoms with Gasteiger partial charge in [0, 0.05) is 6.42 Å². The molecule has 0 bridgehead atoms. The molecule has 236 valence electrons. The number of amides is 2. The Balaban J connectivity index is 1.29. The fourth-order valence-corrected chi connectivity index (χ4v) is 5.24. The molecule has 42 heavy (non-hydrogen) atoms. The van der Waals surface area contributed by atoms with E-state index < -0.39 is 43.1 Å². The van der Waals surface area contributed by atoms with Gasteiger partial charge in [0.15, 0.2) is 17.7 Å². The predicted molar refractivity (Wildman–Crippen MR) is 158 cm³/mol. The summed E-state index contributed by atoms with van der Waals surface area (Å²) in [6, 6.07) is -1.09. The highest BCUT2D eigenvalue weighted by atomic mass is 16.5. The lowest BCUT2D eigenvalue weighted by Gasteiger charge is -2.42. The van der Waals surface area contributed by atoms with E-state index in [1.807, 2.05) is 0 Å². The van der Waals surface area contributed by atoms with Gasteiger partial charge >= 0.3 is 0 Å². The van der Waals surface area contributed by atoms with Crippen molar-refractivity contribution in [2.75, 3.05) is 18.5 Å². The number of aromatic amines is 1. The van der Waals surface area contributed by atoms with Crippen molar-refractivity contribution in [3.8, 4) is 0 Å². The van der Waals surface area contributed by atoms with Crippen molar-refractivity contribution in [1.82, 2.24) is 30.6 Å². The smallest absolute Gasteiger partial charge is 0.239 e. The van der Waals surface area contributed by atoms with Crippen LogP contribution in [0.4, 0.5) is 5.82 Å². The minimum absolute atomic E-state index is 0.216. The molecule has 5 atom stereocenters. The lowest BCUT2D eigenvalue weighted by molar-refractivity contribution is -0.185. The summed E-state index contributed by atoms with van der Waals surface area (Å²) in [4.78, 5) is 39.8. The van der Waals surface area contributed by atoms with Crippen LogP contribution in [0.1, 0.15) is 96.8 Å². The number of aliphatic hydroxyl groups excluding tert-OH is 3. The molecule has 2 amide bonds. The van der Waals surface area contributed by atoms with Gasteiger partial charge in [0.05, 0.1) is 25.5 Å². The quantitative estimate of drug-likeness (QED) is 0.112. The first-order valence-electron chi connectivity index (χ1n) is 15.5. The second-order valence-electron chi connectivity index (χ2n) is 11.1. The number of carbonyl (C=O) groups excluding carboxylic acids is 2. The van der Waals surface area contributed by atoms with Gasteiger partial charge in [0.25, 0.3) is 0 Å². The number of aromatic nitrogens is 4. The molecule has 2 aromatic heterocycles. The van der Waals surface area contributed by atoms with E-state index in [1.165, 1.54) is 76.9 Å². The van der Waals surface area contributed by atoms with Crippen LogP contribution in [0.3, 0.4) is 0 Å². The van der Waals surface area contributed by atoms with E-state index in [9.17, 15) is 24.9 Å². The molecule has 3 rings (SSSR count). The van der Waals surface area contributed by atoms with Crippen LogP contribution in [-0.4, -0.2) is 90.8 Å². The zero-order valence-corrected chi connectivity index (χ0v) is 24.8. The van der Waals surface area contributed by atoms with Crippen molar-refractivity contribution in [1.29, 1.82) is 0 Å². The zero-order valence-electron chi connectivity index (χ0n) is 24.8. The van der Waals surface area contributed by atoms with Crippen molar-refractivity contribution in [2.45, 2.75) is 127 Å². The molecule has 13 nitrogen and oxygen atoms in total. The number of imidazole rings is 1. The van der Waals surface area contributed by atoms with Crippen molar-refractivity contribution in [3.63, 3.8) is 0 Å². The molecule has 0 aliphatic carbocycles. The standard InChI is InChI=1S/C29H49N7O6/c1-2-3-4-5-6-7-8-9-10-11-12-13-14-15-21(38)30-16-22(39)35-23-20(17-37)42-29(26(41)25(23)40)36-28-24-27(32-18-31-24)33-19-34-28/h18-20,23,25-26,29,37,40-41H,2-17H2,1H3,(H,30,38)(H,35,39)(H2,31,32,33,34,36). The molecule has 2 aromatic rings. The van der Waals surface area contributed by atoms with Crippen LogP contribution < -0.4 is 16.0 Å². The second kappa shape index (κ2) is 18.6. The molecule has 13 heteroatoms. The summed E-state index contributed by atoms with van der Waals surface area (Å²) in [6.45, 7) is 1.43. The number of nitrogens with one attached hydrogen (secondary N) is 4. The molecule has 3 heterocycles. The minimum atomic E-state index is -1.46. The Morgan fingerprint density at radius 2 is 1.52 bits per heavy atom. The van der Waals surface area contributed by atoms with E-state index in [-0.39, 0.29) is 12.5 Å². The third-order valence-electron chi connectivity index (χ3n) is 7.71. The average Bonchev–Trinajstić information content (AvgIpc) is 3.48. The number of hydrogen-bond donors (Lipinski definition) is 7. The Morgan fingerprint density at radius 1 is 0.881 bits per heavy atom. The van der Waals surface area contributed by atoms with Gasteiger partial charge < -0.3 is 41.0 Å². The van der Waals surface area contributed by atoms with Crippen LogP contribution in [0.2, 0.25) is 0 Å². The first-order chi connectivity index (χ1) is 20.4. The zero-order chi connectivity index (χ0) is 30.2. The van der Waals surface area contributed by atoms with Crippen molar-refractivity contribution < 1.29 is 29.6 Å². The molecule has 7 N–H and O–H groups in total. The normalized spacial score (nSPS) is 22.2. The van der Waals surface area contributed by atoms with Gasteiger partial charge in [0.2, 0.25) is 11.8 Å². The van der Waals surface area contributed by atoms with Crippen LogP contribution in [0.25, 0.3) is 11.2 Å². The maximum atomic E-state index is 12.5. The number of ether oxygens (including phenoxy) is 1. The fraction of sp³-hybridized carbons (Fsp3) is 0.759. The molecule has 1 aliphatic rings. The average molecular weight is 592 g/mol. The van der Waals surface area contributed by atoms with Crippen molar-refractivity contribution in [3.05, 3.63) is 12.7 Å². The summed E-state index contributed by atoms with van der Waals surface area (Å²) < 4.78 is 5.75. The maximum absolute atomic E-state index is 12.5. The van der Waals surface area contributed by atoms with E-state index in [4.69, 9.17) is 4.74 Å². The van der Waals surface area contributed by atoms with Gasteiger partial charge in [-0.05, 0) is 6.42 Å². The van der Waals surface area contributed by atoms with Gasteiger partial charge in [-0.1, -0.05) is 84.0 Å². The van der Waals surface area contributed by atoms with Crippen LogP contribution >= 0.6 is 0 Å². The number of anilines is 1. The maximum Gasteiger partial charge on any atom is 0.239 e. The number of H-pyrrole nitrogens is 1. The first kappa shape index (κ1) is 33.6. The summed E-state index contributed by atoms with van der Waals surface area (Å²) in [6.07, 6.45) is 13.9. The molecule has 0 radical (unpaired) electrons. The van der Waals surface area contributed by atoms with Crippen LogP contribution in [0.15, 0.2) is 12.7 Å². The summed E-state index contributed by atoms with van der Waals surface area (Å²) in [7, 11) is 0. The fourth-order valence-electron chi connectivity index (χ4n) is 5.24. The topological polar surface area (TPSA) is 195 Å². The Hall–Kier alpha value is -2.87. The first-order valence-corrected chi connectivity index (χ1v) is 15.5. The Labute approximate surface area is 247 Å². The second-order valence-corrected chi connectivity index (χ2v) is 11.1. The van der Waals surface area contributed by atoms with Gasteiger partial charge in [-0.25, -0.2) is 15.0 Å². The number of hydrogen-bond acceptors (Lipinski definition) is 10. The van der Waals surface area contributed by atoms with Crippen LogP contribution in [0.5, 0.6) is 0 Å². The number of unbranched alkanes of at least 4 members (excludes halogenated alkanes) is 12. The molecule has 0 spiro atoms. The molecule has 1 fully saturated rings. The Morgan fingerprint density at radius 3 is 2.17 bits per heavy atom. The SMILES string of the molecule is CCCCCCCCCCCCCCCC(=O)NCC(=O)NC1C(CO)OC(Nc2ncnc3nc[nH]c23)C(O)C1O. The highest BCUT2D eigenvalue weighted by Gasteiger charge is 2.45. The third-order valence-corrected chi connectivity index (χ3v) is 7.71. The molecule has 1 saturated heterocycles. The third kappa shape index (κ3) is 10.8. The lowest BCUT2D eigenvalue weighted by Crippen LogP contribution is -2.66. The summed E-state index contributed by atoms with van der Waals surface area (Å²) >= 11 is 0.